The molecule has 0 saturated heterocycles. The zero-order valence-electron chi connectivity index (χ0n) is 4.82. The first kappa shape index (κ1) is 4.69. The maximum absolute atomic E-state index is 4.99. The van der Waals surface area contributed by atoms with Crippen LogP contribution in [0.15, 0.2) is 11.5 Å². The average Bonchev–Trinajstić information content (AvgIpc) is 2.22. The zero-order chi connectivity index (χ0) is 5.28. The maximum Gasteiger partial charge on any atom is 0.142 e. The maximum atomic E-state index is 4.99. The number of hydrogen-bond donors (Lipinski definition) is 0. The van der Waals surface area contributed by atoms with Crippen LogP contribution in [0.4, 0.5) is 0 Å². The van der Waals surface area contributed by atoms with Gasteiger partial charge in [-0.05, 0) is 13.3 Å². The van der Waals surface area contributed by atoms with Crippen molar-refractivity contribution in [3.63, 3.8) is 0 Å². The lowest BCUT2D eigenvalue weighted by atomic mass is 10.3. The predicted molar refractivity (Wildman–Crippen MR) is 28.7 cm³/mol. The zero-order valence-corrected chi connectivity index (χ0v) is 4.82. The van der Waals surface area contributed by atoms with Crippen molar-refractivity contribution < 1.29 is 4.74 Å². The molecule has 0 bridgehead atoms. The molecule has 0 aliphatic carbocycles. The van der Waals surface area contributed by atoms with Crippen molar-refractivity contribution in [1.82, 2.24) is 0 Å². The molecular weight excluding hydrogens is 88.1 g/mol. The molecule has 1 heteroatoms. The Balaban J connectivity index is 2.19. The first-order valence-corrected chi connectivity index (χ1v) is 2.72. The Morgan fingerprint density at radius 3 is 2.29 bits per heavy atom. The molecule has 0 radical (unpaired) electrons. The van der Waals surface area contributed by atoms with E-state index in [1.54, 1.807) is 0 Å². The Kier molecular flexibility index (Phi) is 1.05. The summed E-state index contributed by atoms with van der Waals surface area (Å²) in [6.07, 6.45) is 2.33. The summed E-state index contributed by atoms with van der Waals surface area (Å²) in [7, 11) is 0. The Morgan fingerprint density at radius 1 is 1.57 bits per heavy atom. The van der Waals surface area contributed by atoms with Gasteiger partial charge < -0.3 is 4.74 Å². The van der Waals surface area contributed by atoms with E-state index in [4.69, 9.17) is 4.74 Å². The number of hydrogen-bond acceptors (Lipinski definition) is 1. The van der Waals surface area contributed by atoms with E-state index >= 15 is 0 Å². The topological polar surface area (TPSA) is 12.5 Å². The van der Waals surface area contributed by atoms with Gasteiger partial charge >= 0.3 is 0 Å². The van der Waals surface area contributed by atoms with E-state index in [2.05, 4.69) is 6.92 Å². The van der Waals surface area contributed by atoms with Gasteiger partial charge in [-0.1, -0.05) is 6.92 Å². The molecule has 0 saturated carbocycles. The van der Waals surface area contributed by atoms with Crippen molar-refractivity contribution in [3.05, 3.63) is 11.5 Å². The van der Waals surface area contributed by atoms with E-state index in [-0.39, 0.29) is 0 Å². The summed E-state index contributed by atoms with van der Waals surface area (Å²) >= 11 is 0. The molecule has 1 nitrogen and oxygen atoms in total. The van der Waals surface area contributed by atoms with Gasteiger partial charge in [0.05, 0.1) is 0 Å². The Morgan fingerprint density at radius 2 is 2.14 bits per heavy atom. The minimum absolute atomic E-state index is 1.13. The van der Waals surface area contributed by atoms with Crippen LogP contribution in [-0.2, 0) is 4.74 Å². The van der Waals surface area contributed by atoms with E-state index in [1.165, 1.54) is 12.2 Å². The van der Waals surface area contributed by atoms with Gasteiger partial charge in [-0.2, -0.15) is 0 Å². The summed E-state index contributed by atoms with van der Waals surface area (Å²) in [5.41, 5.74) is 0. The Hall–Kier alpha value is -0.460. The van der Waals surface area contributed by atoms with E-state index in [0.717, 1.165) is 12.2 Å². The molecule has 0 amide bonds. The second-order valence-electron chi connectivity index (χ2n) is 1.83. The third-order valence-corrected chi connectivity index (χ3v) is 1.10. The number of rotatable bonds is 2. The fourth-order valence-electron chi connectivity index (χ4n) is 0.613. The first-order valence-electron chi connectivity index (χ1n) is 2.72. The summed E-state index contributed by atoms with van der Waals surface area (Å²) in [5, 5.41) is 0. The highest BCUT2D eigenvalue weighted by molar-refractivity contribution is 5.14. The van der Waals surface area contributed by atoms with Crippen LogP contribution >= 0.6 is 0 Å². The highest BCUT2D eigenvalue weighted by Crippen LogP contribution is 2.28. The van der Waals surface area contributed by atoms with Crippen LogP contribution in [-0.4, -0.2) is 0 Å². The molecule has 1 aliphatic heterocycles. The Labute approximate surface area is 44.0 Å². The monoisotopic (exact) mass is 98.1 g/mol. The van der Waals surface area contributed by atoms with Crippen LogP contribution in [0.25, 0.3) is 0 Å². The van der Waals surface area contributed by atoms with Gasteiger partial charge in [0.1, 0.15) is 11.5 Å². The van der Waals surface area contributed by atoms with E-state index in [9.17, 15) is 0 Å². The standard InChI is InChI=1S/C6H10O/c1-3-4-6-5(2)7-6/h3-4H2,1-2H3. The van der Waals surface area contributed by atoms with Gasteiger partial charge in [-0.25, -0.2) is 0 Å². The molecule has 0 unspecified atom stereocenters. The number of ether oxygens (including phenoxy) is 1. The molecule has 0 atom stereocenters. The van der Waals surface area contributed by atoms with Crippen LogP contribution in [0.3, 0.4) is 0 Å². The quantitative estimate of drug-likeness (QED) is 0.515. The van der Waals surface area contributed by atoms with E-state index in [0.29, 0.717) is 0 Å². The highest BCUT2D eigenvalue weighted by Gasteiger charge is 2.16. The van der Waals surface area contributed by atoms with E-state index < -0.39 is 0 Å². The van der Waals surface area contributed by atoms with Crippen LogP contribution in [0.5, 0.6) is 0 Å². The minimum atomic E-state index is 1.13. The fraction of sp³-hybridized carbons (Fsp3) is 0.667. The molecule has 0 fully saturated rings. The van der Waals surface area contributed by atoms with Crippen molar-refractivity contribution >= 4 is 0 Å². The molecule has 0 aromatic heterocycles. The molecule has 1 heterocycles. The van der Waals surface area contributed by atoms with Crippen molar-refractivity contribution in [2.45, 2.75) is 26.7 Å². The van der Waals surface area contributed by atoms with Crippen LogP contribution in [0.2, 0.25) is 0 Å². The third kappa shape index (κ3) is 0.952. The lowest BCUT2D eigenvalue weighted by Crippen LogP contribution is -1.61. The van der Waals surface area contributed by atoms with Gasteiger partial charge in [0.15, 0.2) is 0 Å². The molecule has 1 rings (SSSR count). The molecular formula is C6H10O. The van der Waals surface area contributed by atoms with Gasteiger partial charge in [-0.3, -0.25) is 0 Å². The van der Waals surface area contributed by atoms with Gasteiger partial charge in [0.25, 0.3) is 0 Å². The van der Waals surface area contributed by atoms with Gasteiger partial charge in [0.2, 0.25) is 0 Å². The fourth-order valence-corrected chi connectivity index (χ4v) is 0.613. The van der Waals surface area contributed by atoms with Crippen LogP contribution < -0.4 is 0 Å². The first-order chi connectivity index (χ1) is 3.34. The van der Waals surface area contributed by atoms with Crippen molar-refractivity contribution in [2.75, 3.05) is 0 Å². The molecule has 40 valence electrons. The Bertz CT molecular complexity index is 103. The van der Waals surface area contributed by atoms with E-state index in [1.807, 2.05) is 6.92 Å². The highest BCUT2D eigenvalue weighted by atomic mass is 16.6. The van der Waals surface area contributed by atoms with Gasteiger partial charge in [0, 0.05) is 6.42 Å². The smallest absolute Gasteiger partial charge is 0.142 e. The SMILES string of the molecule is CCCC1=C(C)O1. The second kappa shape index (κ2) is 1.57. The van der Waals surface area contributed by atoms with Gasteiger partial charge in [-0.15, -0.1) is 0 Å². The molecule has 0 spiro atoms. The predicted octanol–water partition coefficient (Wildman–Crippen LogP) is 2.05. The third-order valence-electron chi connectivity index (χ3n) is 1.10. The lowest BCUT2D eigenvalue weighted by molar-refractivity contribution is 0.453. The lowest BCUT2D eigenvalue weighted by Gasteiger charge is -1.76. The molecule has 7 heavy (non-hydrogen) atoms. The normalized spacial score (nSPS) is 16.9. The summed E-state index contributed by atoms with van der Waals surface area (Å²) < 4.78 is 4.99. The average molecular weight is 98.1 g/mol. The molecule has 1 aliphatic rings. The van der Waals surface area contributed by atoms with Crippen LogP contribution in [0.1, 0.15) is 26.7 Å². The molecule has 0 N–H and O–H groups in total. The van der Waals surface area contributed by atoms with Crippen molar-refractivity contribution in [3.8, 4) is 0 Å². The number of allylic oxidation sites excluding steroid dienone is 2. The summed E-state index contributed by atoms with van der Waals surface area (Å²) in [6.45, 7) is 4.16. The van der Waals surface area contributed by atoms with Crippen LogP contribution in [0, 0.1) is 0 Å². The summed E-state index contributed by atoms with van der Waals surface area (Å²) in [4.78, 5) is 0. The minimum Gasteiger partial charge on any atom is -0.459 e. The largest absolute Gasteiger partial charge is 0.459 e. The summed E-state index contributed by atoms with van der Waals surface area (Å²) in [6, 6.07) is 0. The second-order valence-corrected chi connectivity index (χ2v) is 1.83. The van der Waals surface area contributed by atoms with Crippen molar-refractivity contribution in [2.24, 2.45) is 0 Å². The van der Waals surface area contributed by atoms with Crippen molar-refractivity contribution in [1.29, 1.82) is 0 Å². The molecule has 0 aromatic rings. The summed E-state index contributed by atoms with van der Waals surface area (Å²) in [5.74, 6) is 2.35. The molecule has 0 aromatic carbocycles.